The summed E-state index contributed by atoms with van der Waals surface area (Å²) >= 11 is 0. The van der Waals surface area contributed by atoms with Crippen LogP contribution in [0.3, 0.4) is 0 Å². The molecule has 0 saturated heterocycles. The van der Waals surface area contributed by atoms with Gasteiger partial charge in [-0.2, -0.15) is 13.2 Å². The summed E-state index contributed by atoms with van der Waals surface area (Å²) in [5.74, 6) is -0.507. The van der Waals surface area contributed by atoms with Crippen molar-refractivity contribution in [3.05, 3.63) is 0 Å². The molecule has 0 bridgehead atoms. The van der Waals surface area contributed by atoms with E-state index in [1.54, 1.807) is 6.92 Å². The third-order valence-corrected chi connectivity index (χ3v) is 0.243. The van der Waals surface area contributed by atoms with Crippen LogP contribution in [0.25, 0.3) is 0 Å². The lowest BCUT2D eigenvalue weighted by Crippen LogP contribution is -2.21. The standard InChI is InChI=1S/C3H4.C2HF3O2/c1-3-2;3-2(4,5)1(6)7/h1H,2H3;(H,6,7). The van der Waals surface area contributed by atoms with Gasteiger partial charge in [0, 0.05) is 0 Å². The summed E-state index contributed by atoms with van der Waals surface area (Å²) in [5, 5.41) is 7.12. The Bertz CT molecular complexity index is 142. The molecule has 1 N–H and O–H groups in total. The van der Waals surface area contributed by atoms with Crippen molar-refractivity contribution in [1.82, 2.24) is 0 Å². The summed E-state index contributed by atoms with van der Waals surface area (Å²) in [6.07, 6.45) is -0.486. The summed E-state index contributed by atoms with van der Waals surface area (Å²) in [6.45, 7) is 1.65. The van der Waals surface area contributed by atoms with Crippen molar-refractivity contribution in [2.75, 3.05) is 0 Å². The third-order valence-electron chi connectivity index (χ3n) is 0.243. The van der Waals surface area contributed by atoms with Crippen LogP contribution in [0, 0.1) is 12.3 Å². The topological polar surface area (TPSA) is 37.3 Å². The summed E-state index contributed by atoms with van der Waals surface area (Å²) in [7, 11) is 0. The van der Waals surface area contributed by atoms with Gasteiger partial charge in [0.15, 0.2) is 0 Å². The molecule has 0 aliphatic rings. The van der Waals surface area contributed by atoms with Gasteiger partial charge in [-0.05, 0) is 6.92 Å². The molecule has 0 radical (unpaired) electrons. The quantitative estimate of drug-likeness (QED) is 0.533. The second-order valence-corrected chi connectivity index (χ2v) is 1.09. The number of aliphatic carboxylic acids is 1. The van der Waals surface area contributed by atoms with Crippen LogP contribution >= 0.6 is 0 Å². The van der Waals surface area contributed by atoms with Gasteiger partial charge in [0.25, 0.3) is 0 Å². The second kappa shape index (κ2) is 4.68. The molecule has 0 aliphatic carbocycles. The van der Waals surface area contributed by atoms with Crippen LogP contribution in [0.2, 0.25) is 0 Å². The molecule has 0 aromatic heterocycles. The van der Waals surface area contributed by atoms with E-state index in [9.17, 15) is 13.2 Å². The molecule has 0 aromatic carbocycles. The highest BCUT2D eigenvalue weighted by atomic mass is 19.4. The number of carbonyl (C=O) groups is 1. The molecular weight excluding hydrogens is 149 g/mol. The first kappa shape index (κ1) is 11.6. The van der Waals surface area contributed by atoms with Gasteiger partial charge >= 0.3 is 12.1 Å². The van der Waals surface area contributed by atoms with Crippen LogP contribution in [-0.2, 0) is 4.79 Å². The molecule has 0 spiro atoms. The zero-order valence-electron chi connectivity index (χ0n) is 5.07. The molecule has 0 atom stereocenters. The average molecular weight is 154 g/mol. The van der Waals surface area contributed by atoms with Crippen molar-refractivity contribution in [1.29, 1.82) is 0 Å². The predicted octanol–water partition coefficient (Wildman–Crippen LogP) is 1.27. The average Bonchev–Trinajstić information content (AvgIpc) is 1.64. The van der Waals surface area contributed by atoms with Crippen molar-refractivity contribution in [3.63, 3.8) is 0 Å². The summed E-state index contributed by atoms with van der Waals surface area (Å²) in [4.78, 5) is 8.90. The number of hydrogen-bond donors (Lipinski definition) is 1. The molecule has 0 aliphatic heterocycles. The number of halogens is 3. The first-order chi connectivity index (χ1) is 4.36. The fourth-order valence-electron chi connectivity index (χ4n) is 0. The Kier molecular flexibility index (Phi) is 5.42. The van der Waals surface area contributed by atoms with Gasteiger partial charge in [-0.15, -0.1) is 12.3 Å². The number of rotatable bonds is 0. The molecule has 5 heteroatoms. The van der Waals surface area contributed by atoms with Gasteiger partial charge in [0.2, 0.25) is 0 Å². The Morgan fingerprint density at radius 3 is 1.70 bits per heavy atom. The molecule has 0 rings (SSSR count). The van der Waals surface area contributed by atoms with Gasteiger partial charge < -0.3 is 5.11 Å². The van der Waals surface area contributed by atoms with Gasteiger partial charge in [-0.3, -0.25) is 0 Å². The van der Waals surface area contributed by atoms with Gasteiger partial charge in [0.05, 0.1) is 0 Å². The Morgan fingerprint density at radius 2 is 1.70 bits per heavy atom. The van der Waals surface area contributed by atoms with E-state index in [-0.39, 0.29) is 0 Å². The summed E-state index contributed by atoms with van der Waals surface area (Å²) in [5.41, 5.74) is 0. The Balaban J connectivity index is 0. The first-order valence-electron chi connectivity index (χ1n) is 2.03. The van der Waals surface area contributed by atoms with Crippen LogP contribution in [0.5, 0.6) is 0 Å². The number of hydrogen-bond acceptors (Lipinski definition) is 1. The molecule has 58 valence electrons. The van der Waals surface area contributed by atoms with E-state index >= 15 is 0 Å². The monoisotopic (exact) mass is 154 g/mol. The highest BCUT2D eigenvalue weighted by Gasteiger charge is 2.38. The van der Waals surface area contributed by atoms with E-state index in [4.69, 9.17) is 9.90 Å². The van der Waals surface area contributed by atoms with Crippen LogP contribution in [0.15, 0.2) is 0 Å². The molecule has 0 amide bonds. The highest BCUT2D eigenvalue weighted by molar-refractivity contribution is 5.73. The normalized spacial score (nSPS) is 8.70. The molecule has 0 heterocycles. The van der Waals surface area contributed by atoms with E-state index in [1.165, 1.54) is 0 Å². The minimum Gasteiger partial charge on any atom is -0.475 e. The van der Waals surface area contributed by atoms with Crippen molar-refractivity contribution < 1.29 is 23.1 Å². The third kappa shape index (κ3) is 9.94. The van der Waals surface area contributed by atoms with E-state index in [2.05, 4.69) is 12.3 Å². The molecular formula is C5H5F3O2. The number of carboxylic acid groups (broad SMARTS) is 1. The minimum absolute atomic E-state index is 1.65. The van der Waals surface area contributed by atoms with Crippen LogP contribution in [0.4, 0.5) is 13.2 Å². The highest BCUT2D eigenvalue weighted by Crippen LogP contribution is 2.13. The van der Waals surface area contributed by atoms with Crippen molar-refractivity contribution in [2.45, 2.75) is 13.1 Å². The first-order valence-corrected chi connectivity index (χ1v) is 2.03. The summed E-state index contributed by atoms with van der Waals surface area (Å²) < 4.78 is 31.7. The fraction of sp³-hybridized carbons (Fsp3) is 0.400. The van der Waals surface area contributed by atoms with Crippen molar-refractivity contribution in [2.24, 2.45) is 0 Å². The number of carboxylic acids is 1. The Labute approximate surface area is 55.7 Å². The zero-order chi connectivity index (χ0) is 8.78. The van der Waals surface area contributed by atoms with Crippen LogP contribution < -0.4 is 0 Å². The molecule has 0 saturated carbocycles. The zero-order valence-corrected chi connectivity index (χ0v) is 5.07. The van der Waals surface area contributed by atoms with Gasteiger partial charge in [-0.1, -0.05) is 0 Å². The second-order valence-electron chi connectivity index (χ2n) is 1.09. The van der Waals surface area contributed by atoms with E-state index in [1.807, 2.05) is 0 Å². The smallest absolute Gasteiger partial charge is 0.475 e. The number of alkyl halides is 3. The van der Waals surface area contributed by atoms with Crippen LogP contribution in [-0.4, -0.2) is 17.3 Å². The van der Waals surface area contributed by atoms with E-state index in [0.717, 1.165) is 0 Å². The maximum absolute atomic E-state index is 10.6. The van der Waals surface area contributed by atoms with E-state index in [0.29, 0.717) is 0 Å². The number of terminal acetylenes is 1. The molecule has 0 unspecified atom stereocenters. The van der Waals surface area contributed by atoms with Crippen molar-refractivity contribution in [3.8, 4) is 12.3 Å². The van der Waals surface area contributed by atoms with Crippen LogP contribution in [0.1, 0.15) is 6.92 Å². The maximum Gasteiger partial charge on any atom is 0.490 e. The lowest BCUT2D eigenvalue weighted by molar-refractivity contribution is -0.192. The van der Waals surface area contributed by atoms with Gasteiger partial charge in [-0.25, -0.2) is 4.79 Å². The lowest BCUT2D eigenvalue weighted by atomic mass is 10.7. The van der Waals surface area contributed by atoms with Gasteiger partial charge in [0.1, 0.15) is 0 Å². The molecule has 10 heavy (non-hydrogen) atoms. The molecule has 2 nitrogen and oxygen atoms in total. The Hall–Kier alpha value is -1.18. The molecule has 0 aromatic rings. The largest absolute Gasteiger partial charge is 0.490 e. The molecule has 0 fully saturated rings. The van der Waals surface area contributed by atoms with E-state index < -0.39 is 12.1 Å². The predicted molar refractivity (Wildman–Crippen MR) is 28.2 cm³/mol. The minimum atomic E-state index is -5.08. The van der Waals surface area contributed by atoms with Crippen molar-refractivity contribution >= 4 is 5.97 Å². The maximum atomic E-state index is 10.6. The fourth-order valence-corrected chi connectivity index (χ4v) is 0. The SMILES string of the molecule is C#CC.O=C(O)C(F)(F)F. The Morgan fingerprint density at radius 1 is 1.60 bits per heavy atom. The lowest BCUT2D eigenvalue weighted by Gasteiger charge is -1.93. The summed E-state index contributed by atoms with van der Waals surface area (Å²) in [6, 6.07) is 0.